The molecule has 0 unspecified atom stereocenters. The van der Waals surface area contributed by atoms with Crippen LogP contribution in [0.15, 0.2) is 66.7 Å². The fourth-order valence-electron chi connectivity index (χ4n) is 3.25. The molecule has 0 aliphatic carbocycles. The van der Waals surface area contributed by atoms with E-state index in [4.69, 9.17) is 4.74 Å². The van der Waals surface area contributed by atoms with Gasteiger partial charge in [0.1, 0.15) is 18.2 Å². The molecule has 0 aromatic heterocycles. The predicted octanol–water partition coefficient (Wildman–Crippen LogP) is 4.55. The van der Waals surface area contributed by atoms with E-state index in [-0.39, 0.29) is 43.3 Å². The van der Waals surface area contributed by atoms with Crippen LogP contribution in [0.2, 0.25) is 0 Å². The van der Waals surface area contributed by atoms with E-state index in [0.717, 1.165) is 33.8 Å². The number of nitrogens with one attached hydrogen (secondary N) is 1. The number of anilines is 1. The molecule has 10 heteroatoms. The van der Waals surface area contributed by atoms with Crippen molar-refractivity contribution in [1.82, 2.24) is 5.32 Å². The quantitative estimate of drug-likeness (QED) is 0.414. The van der Waals surface area contributed by atoms with E-state index >= 15 is 0 Å². The zero-order chi connectivity index (χ0) is 25.4. The molecule has 0 aliphatic rings. The van der Waals surface area contributed by atoms with Crippen LogP contribution < -0.4 is 14.4 Å². The van der Waals surface area contributed by atoms with Crippen LogP contribution in [-0.2, 0) is 28.0 Å². The zero-order valence-corrected chi connectivity index (χ0v) is 19.8. The Morgan fingerprint density at radius 1 is 0.914 bits per heavy atom. The highest BCUT2D eigenvalue weighted by atomic mass is 32.2. The summed E-state index contributed by atoms with van der Waals surface area (Å²) in [5.74, 6) is -2.19. The van der Waals surface area contributed by atoms with E-state index in [9.17, 15) is 26.4 Å². The van der Waals surface area contributed by atoms with E-state index in [0.29, 0.717) is 12.4 Å². The molecule has 3 rings (SSSR count). The lowest BCUT2D eigenvalue weighted by molar-refractivity contribution is -0.121. The molecule has 6 nitrogen and oxygen atoms in total. The third kappa shape index (κ3) is 8.03. The molecule has 1 N–H and O–H groups in total. The first-order valence-electron chi connectivity index (χ1n) is 10.8. The van der Waals surface area contributed by atoms with Crippen molar-refractivity contribution in [3.63, 3.8) is 0 Å². The smallest absolute Gasteiger partial charge is 0.232 e. The van der Waals surface area contributed by atoms with Crippen LogP contribution in [0.3, 0.4) is 0 Å². The van der Waals surface area contributed by atoms with Crippen LogP contribution in [0.4, 0.5) is 18.9 Å². The van der Waals surface area contributed by atoms with Gasteiger partial charge in [0.25, 0.3) is 0 Å². The van der Waals surface area contributed by atoms with E-state index < -0.39 is 21.7 Å². The summed E-state index contributed by atoms with van der Waals surface area (Å²) in [4.78, 5) is 12.2. The van der Waals surface area contributed by atoms with Gasteiger partial charge >= 0.3 is 0 Å². The van der Waals surface area contributed by atoms with Gasteiger partial charge in [0.05, 0.1) is 11.9 Å². The summed E-state index contributed by atoms with van der Waals surface area (Å²) < 4.78 is 70.4. The molecular weight excluding hydrogens is 481 g/mol. The maximum Gasteiger partial charge on any atom is 0.232 e. The highest BCUT2D eigenvalue weighted by Crippen LogP contribution is 2.21. The van der Waals surface area contributed by atoms with E-state index in [1.54, 1.807) is 36.4 Å². The first kappa shape index (κ1) is 26.1. The molecule has 0 saturated heterocycles. The second-order valence-corrected chi connectivity index (χ2v) is 9.78. The normalized spacial score (nSPS) is 11.2. The van der Waals surface area contributed by atoms with Crippen LogP contribution in [0.25, 0.3) is 0 Å². The summed E-state index contributed by atoms with van der Waals surface area (Å²) in [5, 5.41) is 2.76. The molecule has 0 atom stereocenters. The minimum absolute atomic E-state index is 0.00598. The van der Waals surface area contributed by atoms with Crippen molar-refractivity contribution in [3.8, 4) is 5.75 Å². The topological polar surface area (TPSA) is 75.7 Å². The van der Waals surface area contributed by atoms with Crippen molar-refractivity contribution in [2.75, 3.05) is 17.1 Å². The first-order valence-corrected chi connectivity index (χ1v) is 12.6. The average molecular weight is 507 g/mol. The minimum atomic E-state index is -3.75. The predicted molar refractivity (Wildman–Crippen MR) is 127 cm³/mol. The fourth-order valence-corrected chi connectivity index (χ4v) is 4.21. The maximum atomic E-state index is 13.5. The van der Waals surface area contributed by atoms with Gasteiger partial charge in [-0.05, 0) is 53.9 Å². The number of carbonyl (C=O) groups excluding carboxylic acids is 1. The number of sulfonamides is 1. The van der Waals surface area contributed by atoms with Crippen molar-refractivity contribution in [2.24, 2.45) is 0 Å². The van der Waals surface area contributed by atoms with E-state index in [1.165, 1.54) is 18.2 Å². The number of carbonyl (C=O) groups is 1. The van der Waals surface area contributed by atoms with Crippen molar-refractivity contribution < 1.29 is 31.1 Å². The molecule has 0 saturated carbocycles. The van der Waals surface area contributed by atoms with Crippen LogP contribution in [0.1, 0.15) is 24.0 Å². The van der Waals surface area contributed by atoms with Gasteiger partial charge in [0, 0.05) is 25.6 Å². The molecule has 1 amide bonds. The Morgan fingerprint density at radius 2 is 1.57 bits per heavy atom. The number of nitrogens with zero attached hydrogens (tertiary/aromatic N) is 1. The summed E-state index contributed by atoms with van der Waals surface area (Å²) in [6.07, 6.45) is 1.20. The number of benzene rings is 3. The van der Waals surface area contributed by atoms with Crippen molar-refractivity contribution in [3.05, 3.63) is 95.3 Å². The molecule has 0 fully saturated rings. The lowest BCUT2D eigenvalue weighted by Crippen LogP contribution is -2.32. The van der Waals surface area contributed by atoms with Crippen LogP contribution in [-0.4, -0.2) is 27.1 Å². The van der Waals surface area contributed by atoms with Gasteiger partial charge in [0.15, 0.2) is 11.6 Å². The van der Waals surface area contributed by atoms with Crippen molar-refractivity contribution in [2.45, 2.75) is 26.0 Å². The third-order valence-corrected chi connectivity index (χ3v) is 6.28. The van der Waals surface area contributed by atoms with Crippen molar-refractivity contribution >= 4 is 21.6 Å². The molecule has 0 bridgehead atoms. The van der Waals surface area contributed by atoms with Crippen molar-refractivity contribution in [1.29, 1.82) is 0 Å². The molecule has 3 aromatic rings. The molecule has 0 radical (unpaired) electrons. The highest BCUT2D eigenvalue weighted by molar-refractivity contribution is 7.92. The lowest BCUT2D eigenvalue weighted by Gasteiger charge is -2.22. The molecule has 35 heavy (non-hydrogen) atoms. The summed E-state index contributed by atoms with van der Waals surface area (Å²) in [7, 11) is -3.75. The molecule has 0 aliphatic heterocycles. The Morgan fingerprint density at radius 3 is 2.20 bits per heavy atom. The zero-order valence-electron chi connectivity index (χ0n) is 19.0. The number of hydrogen-bond donors (Lipinski definition) is 1. The van der Waals surface area contributed by atoms with Gasteiger partial charge in [-0.3, -0.25) is 9.10 Å². The second-order valence-electron chi connectivity index (χ2n) is 7.87. The summed E-state index contributed by atoms with van der Waals surface area (Å²) in [6, 6.07) is 16.0. The van der Waals surface area contributed by atoms with E-state index in [2.05, 4.69) is 5.32 Å². The first-order chi connectivity index (χ1) is 16.6. The molecular formula is C25H25F3N2O4S. The fraction of sp³-hybridized carbons (Fsp3) is 0.240. The molecule has 0 heterocycles. The largest absolute Gasteiger partial charge is 0.489 e. The van der Waals surface area contributed by atoms with Gasteiger partial charge < -0.3 is 10.1 Å². The SMILES string of the molecule is CS(=O)(=O)N(CCCC(=O)NCc1ccc(OCc2ccc(F)cc2)cc1)c1ccc(F)c(F)c1. The number of halogens is 3. The molecule has 3 aromatic carbocycles. The Balaban J connectivity index is 1.44. The Bertz CT molecular complexity index is 1250. The van der Waals surface area contributed by atoms with Crippen LogP contribution in [0, 0.1) is 17.5 Å². The minimum Gasteiger partial charge on any atom is -0.489 e. The average Bonchev–Trinajstić information content (AvgIpc) is 2.82. The summed E-state index contributed by atoms with van der Waals surface area (Å²) in [6.45, 7) is 0.513. The second kappa shape index (κ2) is 11.7. The lowest BCUT2D eigenvalue weighted by atomic mass is 10.2. The van der Waals surface area contributed by atoms with Gasteiger partial charge in [-0.2, -0.15) is 0 Å². The number of hydrogen-bond acceptors (Lipinski definition) is 4. The van der Waals surface area contributed by atoms with Gasteiger partial charge in [-0.25, -0.2) is 21.6 Å². The van der Waals surface area contributed by atoms with Gasteiger partial charge in [-0.1, -0.05) is 24.3 Å². The maximum absolute atomic E-state index is 13.5. The Labute approximate surface area is 202 Å². The van der Waals surface area contributed by atoms with Crippen LogP contribution in [0.5, 0.6) is 5.75 Å². The third-order valence-electron chi connectivity index (χ3n) is 5.09. The van der Waals surface area contributed by atoms with Crippen LogP contribution >= 0.6 is 0 Å². The highest BCUT2D eigenvalue weighted by Gasteiger charge is 2.19. The number of ether oxygens (including phenoxy) is 1. The van der Waals surface area contributed by atoms with Gasteiger partial charge in [0.2, 0.25) is 15.9 Å². The molecule has 186 valence electrons. The standard InChI is InChI=1S/C25H25F3N2O4S/c1-35(32,33)30(21-10-13-23(27)24(28)15-21)14-2-3-25(31)29-16-18-6-11-22(12-7-18)34-17-19-4-8-20(26)9-5-19/h4-13,15H,2-3,14,16-17H2,1H3,(H,29,31). The van der Waals surface area contributed by atoms with E-state index in [1.807, 2.05) is 0 Å². The molecule has 0 spiro atoms. The Hall–Kier alpha value is -3.53. The number of rotatable bonds is 11. The van der Waals surface area contributed by atoms with Gasteiger partial charge in [-0.15, -0.1) is 0 Å². The monoisotopic (exact) mass is 506 g/mol. The summed E-state index contributed by atoms with van der Waals surface area (Å²) in [5.41, 5.74) is 1.67. The number of amides is 1. The Kier molecular flexibility index (Phi) is 8.75. The summed E-state index contributed by atoms with van der Waals surface area (Å²) >= 11 is 0.